The Labute approximate surface area is 88.9 Å². The van der Waals surface area contributed by atoms with Gasteiger partial charge < -0.3 is 15.0 Å². The lowest BCUT2D eigenvalue weighted by molar-refractivity contribution is 0.0684. The first kappa shape index (κ1) is 10.2. The zero-order valence-electron chi connectivity index (χ0n) is 8.81. The van der Waals surface area contributed by atoms with Gasteiger partial charge in [0, 0.05) is 24.8 Å². The highest BCUT2D eigenvalue weighted by Crippen LogP contribution is 2.19. The Balaban J connectivity index is 1.96. The first-order valence-electron chi connectivity index (χ1n) is 5.31. The largest absolute Gasteiger partial charge is 0.477 e. The average molecular weight is 208 g/mol. The second-order valence-electron chi connectivity index (χ2n) is 4.19. The molecule has 0 aliphatic heterocycles. The maximum atomic E-state index is 10.9. The molecule has 1 aliphatic rings. The molecule has 1 aromatic rings. The van der Waals surface area contributed by atoms with Crippen molar-refractivity contribution in [2.45, 2.75) is 38.4 Å². The Bertz CT molecular complexity index is 355. The predicted molar refractivity (Wildman–Crippen MR) is 57.0 cm³/mol. The number of carbonyl (C=O) groups is 1. The Morgan fingerprint density at radius 1 is 1.73 bits per heavy atom. The van der Waals surface area contributed by atoms with Crippen LogP contribution in [-0.4, -0.2) is 27.7 Å². The van der Waals surface area contributed by atoms with Crippen LogP contribution in [0.4, 0.5) is 0 Å². The van der Waals surface area contributed by atoms with E-state index >= 15 is 0 Å². The van der Waals surface area contributed by atoms with E-state index in [9.17, 15) is 4.79 Å². The third-order valence-corrected chi connectivity index (χ3v) is 2.62. The zero-order chi connectivity index (χ0) is 10.8. The fourth-order valence-corrected chi connectivity index (χ4v) is 1.77. The number of aromatic nitrogens is 1. The molecule has 82 valence electrons. The van der Waals surface area contributed by atoms with Crippen LogP contribution < -0.4 is 5.32 Å². The van der Waals surface area contributed by atoms with Crippen molar-refractivity contribution in [2.75, 3.05) is 0 Å². The van der Waals surface area contributed by atoms with Gasteiger partial charge in [0.15, 0.2) is 0 Å². The van der Waals surface area contributed by atoms with E-state index in [-0.39, 0.29) is 0 Å². The lowest BCUT2D eigenvalue weighted by Gasteiger charge is -2.15. The van der Waals surface area contributed by atoms with E-state index in [4.69, 9.17) is 5.11 Å². The molecule has 1 atom stereocenters. The number of aromatic carboxylic acids is 1. The van der Waals surface area contributed by atoms with Crippen LogP contribution in [0.1, 0.15) is 30.3 Å². The maximum Gasteiger partial charge on any atom is 0.352 e. The van der Waals surface area contributed by atoms with Gasteiger partial charge in [0.05, 0.1) is 0 Å². The van der Waals surface area contributed by atoms with E-state index in [2.05, 4.69) is 12.2 Å². The number of carboxylic acid groups (broad SMARTS) is 1. The molecule has 4 nitrogen and oxygen atoms in total. The van der Waals surface area contributed by atoms with E-state index in [0.29, 0.717) is 24.3 Å². The molecule has 1 fully saturated rings. The Morgan fingerprint density at radius 2 is 2.47 bits per heavy atom. The molecular weight excluding hydrogens is 192 g/mol. The summed E-state index contributed by atoms with van der Waals surface area (Å²) in [7, 11) is 0. The summed E-state index contributed by atoms with van der Waals surface area (Å²) in [6.07, 6.45) is 4.32. The summed E-state index contributed by atoms with van der Waals surface area (Å²) in [5, 5.41) is 12.4. The van der Waals surface area contributed by atoms with Crippen LogP contribution in [0.2, 0.25) is 0 Å². The smallest absolute Gasteiger partial charge is 0.352 e. The molecule has 0 amide bonds. The molecule has 0 radical (unpaired) electrons. The van der Waals surface area contributed by atoms with E-state index in [1.54, 1.807) is 16.7 Å². The average Bonchev–Trinajstić information content (AvgIpc) is 2.82. The molecule has 0 saturated heterocycles. The van der Waals surface area contributed by atoms with Gasteiger partial charge in [-0.2, -0.15) is 0 Å². The first-order valence-corrected chi connectivity index (χ1v) is 5.31. The van der Waals surface area contributed by atoms with Gasteiger partial charge in [0.25, 0.3) is 0 Å². The van der Waals surface area contributed by atoms with Crippen molar-refractivity contribution in [3.63, 3.8) is 0 Å². The van der Waals surface area contributed by atoms with Crippen molar-refractivity contribution in [3.8, 4) is 0 Å². The van der Waals surface area contributed by atoms with Crippen molar-refractivity contribution in [1.82, 2.24) is 9.88 Å². The predicted octanol–water partition coefficient (Wildman–Crippen LogP) is 1.33. The zero-order valence-corrected chi connectivity index (χ0v) is 8.81. The molecule has 0 bridgehead atoms. The molecule has 0 spiro atoms. The van der Waals surface area contributed by atoms with Crippen LogP contribution in [0.15, 0.2) is 18.3 Å². The summed E-state index contributed by atoms with van der Waals surface area (Å²) in [5.41, 5.74) is 0.361. The van der Waals surface area contributed by atoms with Crippen molar-refractivity contribution >= 4 is 5.97 Å². The highest BCUT2D eigenvalue weighted by molar-refractivity contribution is 5.85. The van der Waals surface area contributed by atoms with Crippen LogP contribution >= 0.6 is 0 Å². The first-order chi connectivity index (χ1) is 7.16. The minimum Gasteiger partial charge on any atom is -0.477 e. The summed E-state index contributed by atoms with van der Waals surface area (Å²) in [6, 6.07) is 4.38. The second kappa shape index (κ2) is 4.06. The van der Waals surface area contributed by atoms with E-state index in [1.165, 1.54) is 12.8 Å². The topological polar surface area (TPSA) is 54.3 Å². The van der Waals surface area contributed by atoms with E-state index < -0.39 is 5.97 Å². The Kier molecular flexibility index (Phi) is 2.77. The van der Waals surface area contributed by atoms with Gasteiger partial charge in [-0.25, -0.2) is 4.79 Å². The number of hydrogen-bond acceptors (Lipinski definition) is 2. The van der Waals surface area contributed by atoms with E-state index in [1.807, 2.05) is 6.20 Å². The lowest BCUT2D eigenvalue weighted by atomic mass is 10.3. The van der Waals surface area contributed by atoms with Gasteiger partial charge >= 0.3 is 5.97 Å². The lowest BCUT2D eigenvalue weighted by Crippen LogP contribution is -2.32. The Morgan fingerprint density at radius 3 is 3.07 bits per heavy atom. The molecular formula is C11H16N2O2. The monoisotopic (exact) mass is 208 g/mol. The standard InChI is InChI=1S/C11H16N2O2/c1-8(12-9-4-5-9)7-13-6-2-3-10(13)11(14)15/h2-3,6,8-9,12H,4-5,7H2,1H3,(H,14,15). The second-order valence-corrected chi connectivity index (χ2v) is 4.19. The molecule has 1 unspecified atom stereocenters. The number of hydrogen-bond donors (Lipinski definition) is 2. The van der Waals surface area contributed by atoms with Crippen molar-refractivity contribution in [2.24, 2.45) is 0 Å². The molecule has 1 heterocycles. The fraction of sp³-hybridized carbons (Fsp3) is 0.545. The molecule has 2 rings (SSSR count). The van der Waals surface area contributed by atoms with Crippen LogP contribution in [-0.2, 0) is 6.54 Å². The van der Waals surface area contributed by atoms with Crippen LogP contribution in [0, 0.1) is 0 Å². The number of nitrogens with one attached hydrogen (secondary N) is 1. The fourth-order valence-electron chi connectivity index (χ4n) is 1.77. The highest BCUT2D eigenvalue weighted by atomic mass is 16.4. The minimum atomic E-state index is -0.862. The van der Waals surface area contributed by atoms with Crippen LogP contribution in [0.3, 0.4) is 0 Å². The normalized spacial score (nSPS) is 17.7. The number of carboxylic acids is 1. The van der Waals surface area contributed by atoms with Gasteiger partial charge in [-0.15, -0.1) is 0 Å². The number of rotatable bonds is 5. The van der Waals surface area contributed by atoms with Crippen molar-refractivity contribution < 1.29 is 9.90 Å². The van der Waals surface area contributed by atoms with Crippen LogP contribution in [0.5, 0.6) is 0 Å². The van der Waals surface area contributed by atoms with Gasteiger partial charge in [0.1, 0.15) is 5.69 Å². The summed E-state index contributed by atoms with van der Waals surface area (Å²) >= 11 is 0. The third-order valence-electron chi connectivity index (χ3n) is 2.62. The Hall–Kier alpha value is -1.29. The van der Waals surface area contributed by atoms with Gasteiger partial charge in [0.2, 0.25) is 0 Å². The molecule has 1 saturated carbocycles. The van der Waals surface area contributed by atoms with Crippen LogP contribution in [0.25, 0.3) is 0 Å². The minimum absolute atomic E-state index is 0.322. The molecule has 4 heteroatoms. The highest BCUT2D eigenvalue weighted by Gasteiger charge is 2.23. The summed E-state index contributed by atoms with van der Waals surface area (Å²) in [6.45, 7) is 2.80. The van der Waals surface area contributed by atoms with Crippen molar-refractivity contribution in [3.05, 3.63) is 24.0 Å². The van der Waals surface area contributed by atoms with Gasteiger partial charge in [-0.1, -0.05) is 0 Å². The summed E-state index contributed by atoms with van der Waals surface area (Å²) in [4.78, 5) is 10.9. The van der Waals surface area contributed by atoms with Crippen molar-refractivity contribution in [1.29, 1.82) is 0 Å². The molecule has 15 heavy (non-hydrogen) atoms. The number of nitrogens with zero attached hydrogens (tertiary/aromatic N) is 1. The SMILES string of the molecule is CC(Cn1cccc1C(=O)O)NC1CC1. The molecule has 2 N–H and O–H groups in total. The third kappa shape index (κ3) is 2.59. The molecule has 1 aromatic heterocycles. The molecule has 0 aromatic carbocycles. The summed E-state index contributed by atoms with van der Waals surface area (Å²) < 4.78 is 1.78. The molecule has 1 aliphatic carbocycles. The quantitative estimate of drug-likeness (QED) is 0.767. The maximum absolute atomic E-state index is 10.9. The van der Waals surface area contributed by atoms with Gasteiger partial charge in [-0.3, -0.25) is 0 Å². The van der Waals surface area contributed by atoms with E-state index in [0.717, 1.165) is 0 Å². The summed E-state index contributed by atoms with van der Waals surface area (Å²) in [5.74, 6) is -0.862. The van der Waals surface area contributed by atoms with Gasteiger partial charge in [-0.05, 0) is 31.9 Å².